The molecule has 2 aliphatic heterocycles. The Morgan fingerprint density at radius 1 is 1.30 bits per heavy atom. The number of thiazole rings is 1. The van der Waals surface area contributed by atoms with Crippen LogP contribution in [0.4, 0.5) is 16.5 Å². The van der Waals surface area contributed by atoms with E-state index in [9.17, 15) is 18.0 Å². The molecule has 0 spiro atoms. The van der Waals surface area contributed by atoms with Crippen LogP contribution in [0.5, 0.6) is 0 Å². The molecule has 0 saturated carbocycles. The van der Waals surface area contributed by atoms with Crippen molar-refractivity contribution in [3.8, 4) is 0 Å². The molecule has 11 heteroatoms. The highest BCUT2D eigenvalue weighted by Gasteiger charge is 2.40. The van der Waals surface area contributed by atoms with E-state index in [1.807, 2.05) is 4.90 Å². The van der Waals surface area contributed by atoms with E-state index >= 15 is 0 Å². The van der Waals surface area contributed by atoms with E-state index in [-0.39, 0.29) is 29.3 Å². The zero-order chi connectivity index (χ0) is 21.5. The zero-order valence-electron chi connectivity index (χ0n) is 16.7. The Morgan fingerprint density at radius 3 is 2.80 bits per heavy atom. The number of aromatic nitrogens is 1. The first kappa shape index (κ1) is 20.8. The summed E-state index contributed by atoms with van der Waals surface area (Å²) in [6.07, 6.45) is 4.19. The van der Waals surface area contributed by atoms with E-state index in [2.05, 4.69) is 10.3 Å². The van der Waals surface area contributed by atoms with Crippen LogP contribution in [0, 0.1) is 0 Å². The van der Waals surface area contributed by atoms with E-state index in [0.29, 0.717) is 17.2 Å². The van der Waals surface area contributed by atoms with Crippen molar-refractivity contribution in [1.29, 1.82) is 0 Å². The maximum absolute atomic E-state index is 13.3. The second kappa shape index (κ2) is 7.97. The fraction of sp³-hybridized carbons (Fsp3) is 0.421. The number of fused-ring (bicyclic) bond motifs is 3. The smallest absolute Gasteiger partial charge is 0.250 e. The van der Waals surface area contributed by atoms with Crippen LogP contribution in [0.3, 0.4) is 0 Å². The molecule has 3 heterocycles. The molecule has 2 aromatic rings. The van der Waals surface area contributed by atoms with Gasteiger partial charge in [-0.2, -0.15) is 0 Å². The zero-order valence-corrected chi connectivity index (χ0v) is 18.4. The van der Waals surface area contributed by atoms with Gasteiger partial charge in [0, 0.05) is 32.2 Å². The van der Waals surface area contributed by atoms with Crippen molar-refractivity contribution in [2.45, 2.75) is 30.2 Å². The van der Waals surface area contributed by atoms with Crippen LogP contribution >= 0.6 is 11.3 Å². The summed E-state index contributed by atoms with van der Waals surface area (Å²) in [7, 11) is -0.766. The number of rotatable bonds is 5. The van der Waals surface area contributed by atoms with Gasteiger partial charge in [0.1, 0.15) is 12.6 Å². The normalized spacial score (nSPS) is 18.9. The molecule has 1 saturated heterocycles. The fourth-order valence-electron chi connectivity index (χ4n) is 3.86. The SMILES string of the molecule is CN(C)S(=O)(=O)c1ccc2c(c1)N(CC(=O)Nc1nccs1)C(=O)[C@@H]1CCCCN21. The molecule has 0 radical (unpaired) electrons. The summed E-state index contributed by atoms with van der Waals surface area (Å²) in [6, 6.07) is 4.45. The molecule has 160 valence electrons. The van der Waals surface area contributed by atoms with Gasteiger partial charge in [-0.1, -0.05) is 0 Å². The van der Waals surface area contributed by atoms with Crippen LogP contribution in [-0.4, -0.2) is 62.7 Å². The lowest BCUT2D eigenvalue weighted by Crippen LogP contribution is -2.56. The highest BCUT2D eigenvalue weighted by Crippen LogP contribution is 2.40. The molecule has 1 aromatic heterocycles. The maximum atomic E-state index is 13.3. The highest BCUT2D eigenvalue weighted by molar-refractivity contribution is 7.89. The number of carbonyl (C=O) groups is 2. The van der Waals surface area contributed by atoms with Crippen LogP contribution in [0.2, 0.25) is 0 Å². The number of nitrogens with one attached hydrogen (secondary N) is 1. The predicted octanol–water partition coefficient (Wildman–Crippen LogP) is 1.74. The number of hydrogen-bond acceptors (Lipinski definition) is 7. The lowest BCUT2D eigenvalue weighted by molar-refractivity contribution is -0.123. The molecule has 2 aliphatic rings. The Hall–Kier alpha value is -2.50. The summed E-state index contributed by atoms with van der Waals surface area (Å²) in [4.78, 5) is 33.4. The number of anilines is 3. The van der Waals surface area contributed by atoms with Crippen LogP contribution < -0.4 is 15.1 Å². The monoisotopic (exact) mass is 449 g/mol. The molecule has 1 N–H and O–H groups in total. The molecule has 4 rings (SSSR count). The summed E-state index contributed by atoms with van der Waals surface area (Å²) in [5, 5.41) is 4.89. The van der Waals surface area contributed by atoms with Gasteiger partial charge in [0.15, 0.2) is 5.13 Å². The topological polar surface area (TPSA) is 103 Å². The third-order valence-electron chi connectivity index (χ3n) is 5.36. The first-order valence-electron chi connectivity index (χ1n) is 9.63. The number of piperidine rings is 1. The average molecular weight is 450 g/mol. The molecule has 2 amide bonds. The summed E-state index contributed by atoms with van der Waals surface area (Å²) in [6.45, 7) is 0.517. The Balaban J connectivity index is 1.73. The number of carbonyl (C=O) groups excluding carboxylic acids is 2. The van der Waals surface area contributed by atoms with E-state index in [1.54, 1.807) is 23.7 Å². The molecule has 9 nitrogen and oxygen atoms in total. The van der Waals surface area contributed by atoms with Crippen LogP contribution in [0.1, 0.15) is 19.3 Å². The van der Waals surface area contributed by atoms with Crippen molar-refractivity contribution in [2.75, 3.05) is 42.3 Å². The van der Waals surface area contributed by atoms with Gasteiger partial charge in [-0.3, -0.25) is 14.5 Å². The molecule has 0 unspecified atom stereocenters. The predicted molar refractivity (Wildman–Crippen MR) is 115 cm³/mol. The average Bonchev–Trinajstić information content (AvgIpc) is 3.23. The summed E-state index contributed by atoms with van der Waals surface area (Å²) < 4.78 is 26.4. The molecule has 30 heavy (non-hydrogen) atoms. The minimum absolute atomic E-state index is 0.0832. The maximum Gasteiger partial charge on any atom is 0.250 e. The quantitative estimate of drug-likeness (QED) is 0.746. The third kappa shape index (κ3) is 3.68. The lowest BCUT2D eigenvalue weighted by Gasteiger charge is -2.45. The Bertz CT molecular complexity index is 1070. The van der Waals surface area contributed by atoms with Gasteiger partial charge in [-0.25, -0.2) is 17.7 Å². The molecule has 0 aliphatic carbocycles. The van der Waals surface area contributed by atoms with Crippen molar-refractivity contribution >= 4 is 49.7 Å². The first-order chi connectivity index (χ1) is 14.3. The van der Waals surface area contributed by atoms with E-state index < -0.39 is 10.0 Å². The minimum atomic E-state index is -3.68. The molecule has 0 bridgehead atoms. The Morgan fingerprint density at radius 2 is 2.10 bits per heavy atom. The van der Waals surface area contributed by atoms with Gasteiger partial charge >= 0.3 is 0 Å². The number of sulfonamides is 1. The molecular formula is C19H23N5O4S2. The minimum Gasteiger partial charge on any atom is -0.358 e. The van der Waals surface area contributed by atoms with Crippen molar-refractivity contribution < 1.29 is 18.0 Å². The molecule has 1 aromatic carbocycles. The van der Waals surface area contributed by atoms with Crippen molar-refractivity contribution in [3.05, 3.63) is 29.8 Å². The standard InChI is InChI=1S/C19H23N5O4S2/c1-22(2)30(27,28)13-6-7-14-16(11-13)24(12-17(25)21-19-20-8-10-29-19)18(26)15-5-3-4-9-23(14)15/h6-8,10-11,15H,3-5,9,12H2,1-2H3,(H,20,21,25)/t15-/m0/s1. The van der Waals surface area contributed by atoms with Gasteiger partial charge in [0.05, 0.1) is 16.3 Å². The van der Waals surface area contributed by atoms with Crippen LogP contribution in [0.25, 0.3) is 0 Å². The van der Waals surface area contributed by atoms with Gasteiger partial charge < -0.3 is 10.2 Å². The lowest BCUT2D eigenvalue weighted by atomic mass is 9.96. The molecule has 1 fully saturated rings. The van der Waals surface area contributed by atoms with Gasteiger partial charge in [-0.15, -0.1) is 11.3 Å². The molecule has 1 atom stereocenters. The summed E-state index contributed by atoms with van der Waals surface area (Å²) in [5.74, 6) is -0.565. The first-order valence-corrected chi connectivity index (χ1v) is 11.9. The van der Waals surface area contributed by atoms with Crippen molar-refractivity contribution in [3.63, 3.8) is 0 Å². The summed E-state index contributed by atoms with van der Waals surface area (Å²) in [5.41, 5.74) is 1.22. The summed E-state index contributed by atoms with van der Waals surface area (Å²) >= 11 is 1.29. The van der Waals surface area contributed by atoms with E-state index in [4.69, 9.17) is 0 Å². The second-order valence-corrected chi connectivity index (χ2v) is 10.5. The fourth-order valence-corrected chi connectivity index (χ4v) is 5.33. The van der Waals surface area contributed by atoms with Crippen LogP contribution in [-0.2, 0) is 19.6 Å². The Labute approximate surface area is 179 Å². The highest BCUT2D eigenvalue weighted by atomic mass is 32.2. The number of nitrogens with zero attached hydrogens (tertiary/aromatic N) is 4. The van der Waals surface area contributed by atoms with Gasteiger partial charge in [0.25, 0.3) is 0 Å². The number of hydrogen-bond donors (Lipinski definition) is 1. The number of amides is 2. The number of benzene rings is 1. The third-order valence-corrected chi connectivity index (χ3v) is 7.86. The van der Waals surface area contributed by atoms with E-state index in [1.165, 1.54) is 36.4 Å². The Kier molecular flexibility index (Phi) is 5.51. The van der Waals surface area contributed by atoms with E-state index in [0.717, 1.165) is 29.4 Å². The second-order valence-electron chi connectivity index (χ2n) is 7.45. The molecular weight excluding hydrogens is 426 g/mol. The van der Waals surface area contributed by atoms with Crippen molar-refractivity contribution in [1.82, 2.24) is 9.29 Å². The van der Waals surface area contributed by atoms with Crippen LogP contribution in [0.15, 0.2) is 34.7 Å². The van der Waals surface area contributed by atoms with Crippen molar-refractivity contribution in [2.24, 2.45) is 0 Å². The van der Waals surface area contributed by atoms with Gasteiger partial charge in [0.2, 0.25) is 21.8 Å². The van der Waals surface area contributed by atoms with Gasteiger partial charge in [-0.05, 0) is 37.5 Å². The largest absolute Gasteiger partial charge is 0.358 e.